The van der Waals surface area contributed by atoms with Crippen LogP contribution in [0.25, 0.3) is 0 Å². The molecule has 0 aromatic heterocycles. The smallest absolute Gasteiger partial charge is 0.123 e. The van der Waals surface area contributed by atoms with Crippen LogP contribution in [0.1, 0.15) is 29.2 Å². The quantitative estimate of drug-likeness (QED) is 0.834. The number of hydrogen-bond acceptors (Lipinski definition) is 4. The molecule has 1 unspecified atom stereocenters. The minimum Gasteiger partial charge on any atom is -0.507 e. The number of aryl methyl sites for hydroxylation is 2. The van der Waals surface area contributed by atoms with Gasteiger partial charge in [0.2, 0.25) is 0 Å². The van der Waals surface area contributed by atoms with Crippen LogP contribution in [0.15, 0.2) is 24.3 Å². The average Bonchev–Trinajstić information content (AvgIpc) is 2.51. The molecule has 23 heavy (non-hydrogen) atoms. The summed E-state index contributed by atoms with van der Waals surface area (Å²) in [6, 6.07) is 7.11. The standard InChI is InChI=1S/C18H23O4P/c1-10-6-12(21-4)8-14(16(10)19)18(3,23)15-9-13(22-5)7-11(2)17(15)20/h6-9,19-20H,23H2,1-5H3. The summed E-state index contributed by atoms with van der Waals surface area (Å²) in [7, 11) is 5.89. The lowest BCUT2D eigenvalue weighted by molar-refractivity contribution is 0.404. The Morgan fingerprint density at radius 1 is 0.826 bits per heavy atom. The third kappa shape index (κ3) is 3.09. The zero-order valence-corrected chi connectivity index (χ0v) is 15.3. The predicted molar refractivity (Wildman–Crippen MR) is 95.0 cm³/mol. The van der Waals surface area contributed by atoms with Crippen molar-refractivity contribution in [3.8, 4) is 23.0 Å². The molecule has 0 radical (unpaired) electrons. The summed E-state index contributed by atoms with van der Waals surface area (Å²) in [5.74, 6) is 1.68. The molecule has 2 aromatic carbocycles. The summed E-state index contributed by atoms with van der Waals surface area (Å²) >= 11 is 0. The number of benzene rings is 2. The second kappa shape index (κ2) is 6.29. The van der Waals surface area contributed by atoms with E-state index < -0.39 is 5.16 Å². The summed E-state index contributed by atoms with van der Waals surface area (Å²) in [5, 5.41) is 20.3. The highest BCUT2D eigenvalue weighted by Crippen LogP contribution is 2.49. The van der Waals surface area contributed by atoms with E-state index in [9.17, 15) is 10.2 Å². The highest BCUT2D eigenvalue weighted by Gasteiger charge is 2.31. The van der Waals surface area contributed by atoms with Crippen LogP contribution in [0.4, 0.5) is 0 Å². The van der Waals surface area contributed by atoms with Crippen LogP contribution in [0.2, 0.25) is 0 Å². The first-order valence-electron chi connectivity index (χ1n) is 7.27. The van der Waals surface area contributed by atoms with Gasteiger partial charge >= 0.3 is 0 Å². The molecule has 0 bridgehead atoms. The zero-order chi connectivity index (χ0) is 17.4. The molecule has 0 spiro atoms. The molecule has 0 heterocycles. The zero-order valence-electron chi connectivity index (χ0n) is 14.1. The monoisotopic (exact) mass is 334 g/mol. The maximum Gasteiger partial charge on any atom is 0.123 e. The molecule has 2 aromatic rings. The number of ether oxygens (including phenoxy) is 2. The topological polar surface area (TPSA) is 58.9 Å². The van der Waals surface area contributed by atoms with Crippen LogP contribution in [0.3, 0.4) is 0 Å². The van der Waals surface area contributed by atoms with Gasteiger partial charge in [-0.3, -0.25) is 0 Å². The van der Waals surface area contributed by atoms with E-state index >= 15 is 0 Å². The van der Waals surface area contributed by atoms with E-state index in [0.29, 0.717) is 33.8 Å². The summed E-state index contributed by atoms with van der Waals surface area (Å²) in [6.07, 6.45) is 0. The molecular weight excluding hydrogens is 311 g/mol. The number of rotatable bonds is 4. The van der Waals surface area contributed by atoms with Gasteiger partial charge in [-0.1, -0.05) is 0 Å². The number of phenols is 2. The van der Waals surface area contributed by atoms with Gasteiger partial charge in [0.25, 0.3) is 0 Å². The third-order valence-electron chi connectivity index (χ3n) is 4.14. The minimum atomic E-state index is -0.716. The van der Waals surface area contributed by atoms with Crippen LogP contribution in [0, 0.1) is 13.8 Å². The molecule has 0 fully saturated rings. The molecule has 124 valence electrons. The Hall–Kier alpha value is -1.93. The molecule has 2 N–H and O–H groups in total. The van der Waals surface area contributed by atoms with Crippen molar-refractivity contribution < 1.29 is 19.7 Å². The highest BCUT2D eigenvalue weighted by atomic mass is 31.0. The average molecular weight is 334 g/mol. The first-order chi connectivity index (χ1) is 10.7. The fourth-order valence-electron chi connectivity index (χ4n) is 2.67. The van der Waals surface area contributed by atoms with E-state index in [2.05, 4.69) is 9.24 Å². The number of phenolic OH excluding ortho intramolecular Hbond substituents is 2. The van der Waals surface area contributed by atoms with E-state index in [0.717, 1.165) is 0 Å². The van der Waals surface area contributed by atoms with Gasteiger partial charge in [-0.05, 0) is 56.2 Å². The van der Waals surface area contributed by atoms with Gasteiger partial charge in [0.05, 0.1) is 14.2 Å². The molecule has 4 nitrogen and oxygen atoms in total. The summed E-state index contributed by atoms with van der Waals surface area (Å²) in [4.78, 5) is 0. The van der Waals surface area contributed by atoms with Gasteiger partial charge in [0, 0.05) is 16.3 Å². The number of methoxy groups -OCH3 is 2. The Balaban J connectivity index is 2.72. The molecule has 2 rings (SSSR count). The van der Waals surface area contributed by atoms with E-state index in [1.165, 1.54) is 0 Å². The van der Waals surface area contributed by atoms with E-state index in [-0.39, 0.29) is 11.5 Å². The van der Waals surface area contributed by atoms with Crippen LogP contribution in [0.5, 0.6) is 23.0 Å². The highest BCUT2D eigenvalue weighted by molar-refractivity contribution is 7.19. The van der Waals surface area contributed by atoms with Gasteiger partial charge < -0.3 is 19.7 Å². The van der Waals surface area contributed by atoms with Gasteiger partial charge in [-0.2, -0.15) is 0 Å². The van der Waals surface area contributed by atoms with Gasteiger partial charge in [-0.15, -0.1) is 9.24 Å². The minimum absolute atomic E-state index is 0.183. The van der Waals surface area contributed by atoms with Crippen molar-refractivity contribution >= 4 is 9.24 Å². The lowest BCUT2D eigenvalue weighted by atomic mass is 9.88. The maximum atomic E-state index is 10.5. The van der Waals surface area contributed by atoms with Crippen LogP contribution in [-0.4, -0.2) is 24.4 Å². The Morgan fingerprint density at radius 2 is 1.17 bits per heavy atom. The van der Waals surface area contributed by atoms with Gasteiger partial charge in [-0.25, -0.2) is 0 Å². The predicted octanol–water partition coefficient (Wildman–Crippen LogP) is 3.87. The van der Waals surface area contributed by atoms with Crippen molar-refractivity contribution in [2.75, 3.05) is 14.2 Å². The SMILES string of the molecule is COc1cc(C)c(O)c(C(C)(P)c2cc(OC)cc(C)c2O)c1. The van der Waals surface area contributed by atoms with Crippen molar-refractivity contribution in [3.63, 3.8) is 0 Å². The lowest BCUT2D eigenvalue weighted by Crippen LogP contribution is -2.16. The molecule has 0 aliphatic heterocycles. The first kappa shape index (κ1) is 17.4. The van der Waals surface area contributed by atoms with Crippen LogP contribution >= 0.6 is 9.24 Å². The molecular formula is C18H23O4P. The fraction of sp³-hybridized carbons (Fsp3) is 0.333. The van der Waals surface area contributed by atoms with Crippen molar-refractivity contribution in [2.45, 2.75) is 25.9 Å². The summed E-state index contributed by atoms with van der Waals surface area (Å²) in [5.41, 5.74) is 2.74. The molecule has 0 aliphatic rings. The van der Waals surface area contributed by atoms with E-state index in [1.54, 1.807) is 38.5 Å². The van der Waals surface area contributed by atoms with Crippen molar-refractivity contribution in [1.29, 1.82) is 0 Å². The molecule has 0 aliphatic carbocycles. The first-order valence-corrected chi connectivity index (χ1v) is 7.85. The van der Waals surface area contributed by atoms with Crippen molar-refractivity contribution in [2.24, 2.45) is 0 Å². The second-order valence-corrected chi connectivity index (χ2v) is 7.04. The van der Waals surface area contributed by atoms with Crippen molar-refractivity contribution in [1.82, 2.24) is 0 Å². The Kier molecular flexibility index (Phi) is 4.76. The van der Waals surface area contributed by atoms with E-state index in [1.807, 2.05) is 20.8 Å². The normalized spacial score (nSPS) is 11.4. The van der Waals surface area contributed by atoms with Gasteiger partial charge in [0.15, 0.2) is 0 Å². The molecule has 5 heteroatoms. The molecule has 1 atom stereocenters. The summed E-state index contributed by atoms with van der Waals surface area (Å²) < 4.78 is 10.6. The Labute approximate surface area is 139 Å². The Morgan fingerprint density at radius 3 is 1.48 bits per heavy atom. The second-order valence-electron chi connectivity index (χ2n) is 5.88. The number of hydrogen-bond donors (Lipinski definition) is 2. The summed E-state index contributed by atoms with van der Waals surface area (Å²) in [6.45, 7) is 5.55. The Bertz CT molecular complexity index is 677. The maximum absolute atomic E-state index is 10.5. The lowest BCUT2D eigenvalue weighted by Gasteiger charge is -2.29. The van der Waals surface area contributed by atoms with Crippen LogP contribution in [-0.2, 0) is 5.16 Å². The van der Waals surface area contributed by atoms with Crippen LogP contribution < -0.4 is 9.47 Å². The molecule has 0 saturated carbocycles. The van der Waals surface area contributed by atoms with Crippen molar-refractivity contribution in [3.05, 3.63) is 46.5 Å². The number of aromatic hydroxyl groups is 2. The third-order valence-corrected chi connectivity index (χ3v) is 4.76. The largest absolute Gasteiger partial charge is 0.507 e. The molecule has 0 saturated heterocycles. The molecule has 0 amide bonds. The van der Waals surface area contributed by atoms with Gasteiger partial charge in [0.1, 0.15) is 23.0 Å². The fourth-order valence-corrected chi connectivity index (χ4v) is 3.11. The van der Waals surface area contributed by atoms with E-state index in [4.69, 9.17) is 9.47 Å².